The molecule has 3 rings (SSSR count). The van der Waals surface area contributed by atoms with E-state index in [1.54, 1.807) is 12.4 Å². The number of anilines is 1. The summed E-state index contributed by atoms with van der Waals surface area (Å²) in [7, 11) is 0. The molecule has 1 aliphatic rings. The predicted molar refractivity (Wildman–Crippen MR) is 76.4 cm³/mol. The van der Waals surface area contributed by atoms with E-state index in [4.69, 9.17) is 4.74 Å². The van der Waals surface area contributed by atoms with Crippen molar-refractivity contribution in [1.82, 2.24) is 4.98 Å². The number of pyridine rings is 1. The van der Waals surface area contributed by atoms with Gasteiger partial charge in [0.05, 0.1) is 6.61 Å². The van der Waals surface area contributed by atoms with Crippen LogP contribution < -0.4 is 10.1 Å². The minimum atomic E-state index is 0.607. The number of nitrogens with one attached hydrogen (secondary N) is 1. The van der Waals surface area contributed by atoms with Crippen molar-refractivity contribution >= 4 is 5.69 Å². The molecular formula is C16H18N2O. The number of fused-ring (bicyclic) bond motifs is 1. The molecule has 0 aliphatic carbocycles. The minimum absolute atomic E-state index is 0.607. The Balaban J connectivity index is 1.70. The second kappa shape index (κ2) is 5.31. The zero-order valence-corrected chi connectivity index (χ0v) is 11.1. The van der Waals surface area contributed by atoms with Gasteiger partial charge in [0.25, 0.3) is 0 Å². The van der Waals surface area contributed by atoms with Gasteiger partial charge in [0, 0.05) is 24.6 Å². The second-order valence-electron chi connectivity index (χ2n) is 5.15. The Hall–Kier alpha value is -2.03. The smallest absolute Gasteiger partial charge is 0.122 e. The lowest BCUT2D eigenvalue weighted by Crippen LogP contribution is -2.18. The fraction of sp³-hybridized carbons (Fsp3) is 0.312. The molecule has 3 heteroatoms. The molecule has 1 aliphatic heterocycles. The Morgan fingerprint density at radius 1 is 1.26 bits per heavy atom. The van der Waals surface area contributed by atoms with Crippen molar-refractivity contribution in [1.29, 1.82) is 0 Å². The van der Waals surface area contributed by atoms with E-state index in [1.165, 1.54) is 11.1 Å². The number of aromatic nitrogens is 1. The predicted octanol–water partition coefficient (Wildman–Crippen LogP) is 3.26. The first-order valence-electron chi connectivity index (χ1n) is 6.70. The van der Waals surface area contributed by atoms with Crippen LogP contribution in [0.5, 0.6) is 5.75 Å². The largest absolute Gasteiger partial charge is 0.493 e. The third kappa shape index (κ3) is 2.87. The van der Waals surface area contributed by atoms with E-state index in [9.17, 15) is 0 Å². The van der Waals surface area contributed by atoms with Gasteiger partial charge >= 0.3 is 0 Å². The molecule has 2 heterocycles. The third-order valence-corrected chi connectivity index (χ3v) is 3.39. The topological polar surface area (TPSA) is 34.1 Å². The van der Waals surface area contributed by atoms with Gasteiger partial charge in [0.2, 0.25) is 0 Å². The Labute approximate surface area is 113 Å². The molecule has 0 saturated carbocycles. The molecule has 1 aromatic heterocycles. The summed E-state index contributed by atoms with van der Waals surface area (Å²) in [4.78, 5) is 4.01. The summed E-state index contributed by atoms with van der Waals surface area (Å²) >= 11 is 0. The van der Waals surface area contributed by atoms with Crippen molar-refractivity contribution in [2.24, 2.45) is 5.92 Å². The molecule has 0 amide bonds. The van der Waals surface area contributed by atoms with Gasteiger partial charge in [-0.05, 0) is 41.7 Å². The lowest BCUT2D eigenvalue weighted by atomic mass is 9.97. The normalized spacial score (nSPS) is 17.4. The van der Waals surface area contributed by atoms with Crippen LogP contribution in [-0.4, -0.2) is 11.6 Å². The SMILES string of the molecule is CC1COc2ccc(CNc3ccncc3)cc2C1. The van der Waals surface area contributed by atoms with Crippen LogP contribution >= 0.6 is 0 Å². The maximum Gasteiger partial charge on any atom is 0.122 e. The highest BCUT2D eigenvalue weighted by atomic mass is 16.5. The van der Waals surface area contributed by atoms with Crippen LogP contribution in [0.15, 0.2) is 42.7 Å². The van der Waals surface area contributed by atoms with Gasteiger partial charge < -0.3 is 10.1 Å². The van der Waals surface area contributed by atoms with E-state index in [1.807, 2.05) is 12.1 Å². The van der Waals surface area contributed by atoms with Gasteiger partial charge in [-0.1, -0.05) is 19.1 Å². The van der Waals surface area contributed by atoms with Crippen molar-refractivity contribution in [3.8, 4) is 5.75 Å². The maximum absolute atomic E-state index is 5.72. The van der Waals surface area contributed by atoms with E-state index >= 15 is 0 Å². The quantitative estimate of drug-likeness (QED) is 0.912. The van der Waals surface area contributed by atoms with E-state index in [0.717, 1.165) is 31.0 Å². The number of benzene rings is 1. The van der Waals surface area contributed by atoms with Crippen molar-refractivity contribution in [2.75, 3.05) is 11.9 Å². The molecule has 2 aromatic rings. The van der Waals surface area contributed by atoms with Gasteiger partial charge in [-0.3, -0.25) is 4.98 Å². The molecular weight excluding hydrogens is 236 g/mol. The molecule has 1 aromatic carbocycles. The zero-order chi connectivity index (χ0) is 13.1. The Bertz CT molecular complexity index is 554. The highest BCUT2D eigenvalue weighted by molar-refractivity contribution is 5.44. The Morgan fingerprint density at radius 3 is 2.95 bits per heavy atom. The first-order chi connectivity index (χ1) is 9.31. The standard InChI is InChI=1S/C16H18N2O/c1-12-8-14-9-13(2-3-16(14)19-11-12)10-18-15-4-6-17-7-5-15/h2-7,9,12H,8,10-11H2,1H3,(H,17,18). The van der Waals surface area contributed by atoms with E-state index in [2.05, 4.69) is 35.4 Å². The lowest BCUT2D eigenvalue weighted by molar-refractivity contribution is 0.234. The average Bonchev–Trinajstić information content (AvgIpc) is 2.46. The molecule has 0 saturated heterocycles. The van der Waals surface area contributed by atoms with Gasteiger partial charge in [-0.2, -0.15) is 0 Å². The lowest BCUT2D eigenvalue weighted by Gasteiger charge is -2.23. The van der Waals surface area contributed by atoms with Gasteiger partial charge in [-0.25, -0.2) is 0 Å². The third-order valence-electron chi connectivity index (χ3n) is 3.39. The van der Waals surface area contributed by atoms with Crippen LogP contribution in [0.25, 0.3) is 0 Å². The first-order valence-corrected chi connectivity index (χ1v) is 6.70. The Morgan fingerprint density at radius 2 is 2.11 bits per heavy atom. The van der Waals surface area contributed by atoms with Crippen molar-refractivity contribution < 1.29 is 4.74 Å². The van der Waals surface area contributed by atoms with Gasteiger partial charge in [0.1, 0.15) is 5.75 Å². The molecule has 0 radical (unpaired) electrons. The zero-order valence-electron chi connectivity index (χ0n) is 11.1. The summed E-state index contributed by atoms with van der Waals surface area (Å²) in [6.07, 6.45) is 4.70. The number of hydrogen-bond donors (Lipinski definition) is 1. The summed E-state index contributed by atoms with van der Waals surface area (Å²) in [5.74, 6) is 1.65. The number of hydrogen-bond acceptors (Lipinski definition) is 3. The van der Waals surface area contributed by atoms with Crippen LogP contribution in [0.1, 0.15) is 18.1 Å². The van der Waals surface area contributed by atoms with Crippen molar-refractivity contribution in [2.45, 2.75) is 19.9 Å². The average molecular weight is 254 g/mol. The molecule has 0 spiro atoms. The summed E-state index contributed by atoms with van der Waals surface area (Å²) in [5, 5.41) is 3.40. The van der Waals surface area contributed by atoms with Crippen LogP contribution in [0, 0.1) is 5.92 Å². The summed E-state index contributed by atoms with van der Waals surface area (Å²) in [5.41, 5.74) is 3.71. The molecule has 19 heavy (non-hydrogen) atoms. The summed E-state index contributed by atoms with van der Waals surface area (Å²) in [6.45, 7) is 3.89. The molecule has 1 atom stereocenters. The summed E-state index contributed by atoms with van der Waals surface area (Å²) in [6, 6.07) is 10.4. The van der Waals surface area contributed by atoms with Gasteiger partial charge in [-0.15, -0.1) is 0 Å². The number of nitrogens with zero attached hydrogens (tertiary/aromatic N) is 1. The van der Waals surface area contributed by atoms with E-state index in [0.29, 0.717) is 5.92 Å². The molecule has 1 unspecified atom stereocenters. The molecule has 0 bridgehead atoms. The molecule has 3 nitrogen and oxygen atoms in total. The van der Waals surface area contributed by atoms with Crippen molar-refractivity contribution in [3.63, 3.8) is 0 Å². The van der Waals surface area contributed by atoms with E-state index < -0.39 is 0 Å². The second-order valence-corrected chi connectivity index (χ2v) is 5.15. The number of ether oxygens (including phenoxy) is 1. The summed E-state index contributed by atoms with van der Waals surface area (Å²) < 4.78 is 5.72. The molecule has 98 valence electrons. The van der Waals surface area contributed by atoms with Crippen LogP contribution in [0.3, 0.4) is 0 Å². The molecule has 1 N–H and O–H groups in total. The fourth-order valence-electron chi connectivity index (χ4n) is 2.38. The van der Waals surface area contributed by atoms with Gasteiger partial charge in [0.15, 0.2) is 0 Å². The Kier molecular flexibility index (Phi) is 3.36. The minimum Gasteiger partial charge on any atom is -0.493 e. The first kappa shape index (κ1) is 12.0. The van der Waals surface area contributed by atoms with Crippen LogP contribution in [-0.2, 0) is 13.0 Å². The highest BCUT2D eigenvalue weighted by Gasteiger charge is 2.16. The fourth-order valence-corrected chi connectivity index (χ4v) is 2.38. The maximum atomic E-state index is 5.72. The van der Waals surface area contributed by atoms with Crippen LogP contribution in [0.4, 0.5) is 5.69 Å². The van der Waals surface area contributed by atoms with E-state index in [-0.39, 0.29) is 0 Å². The highest BCUT2D eigenvalue weighted by Crippen LogP contribution is 2.28. The van der Waals surface area contributed by atoms with Crippen LogP contribution in [0.2, 0.25) is 0 Å². The van der Waals surface area contributed by atoms with Crippen molar-refractivity contribution in [3.05, 3.63) is 53.9 Å². The monoisotopic (exact) mass is 254 g/mol. The molecule has 0 fully saturated rings. The number of rotatable bonds is 3.